The number of amides is 1. The van der Waals surface area contributed by atoms with Crippen molar-refractivity contribution < 1.29 is 13.2 Å². The molecule has 0 aliphatic carbocycles. The number of hydrogen-bond acceptors (Lipinski definition) is 4. The van der Waals surface area contributed by atoms with E-state index >= 15 is 0 Å². The minimum absolute atomic E-state index is 0.262. The first-order chi connectivity index (χ1) is 13.5. The van der Waals surface area contributed by atoms with Gasteiger partial charge in [0.25, 0.3) is 0 Å². The molecule has 140 valence electrons. The number of rotatable bonds is 5. The number of imidazole rings is 1. The lowest BCUT2D eigenvalue weighted by Crippen LogP contribution is -2.00. The summed E-state index contributed by atoms with van der Waals surface area (Å²) in [5, 5.41) is 2.71. The Labute approximate surface area is 162 Å². The van der Waals surface area contributed by atoms with Crippen LogP contribution in [0.3, 0.4) is 0 Å². The van der Waals surface area contributed by atoms with Gasteiger partial charge in [-0.1, -0.05) is 42.5 Å². The van der Waals surface area contributed by atoms with Crippen LogP contribution < -0.4 is 5.32 Å². The van der Waals surface area contributed by atoms with Crippen LogP contribution in [0.2, 0.25) is 0 Å². The van der Waals surface area contributed by atoms with E-state index in [1.807, 2.05) is 47.0 Å². The van der Waals surface area contributed by atoms with Crippen molar-refractivity contribution in [3.63, 3.8) is 0 Å². The van der Waals surface area contributed by atoms with Crippen LogP contribution in [0.4, 0.5) is 5.69 Å². The smallest absolute Gasteiger partial charge is 0.211 e. The van der Waals surface area contributed by atoms with Gasteiger partial charge in [0.1, 0.15) is 0 Å². The lowest BCUT2D eigenvalue weighted by atomic mass is 10.1. The number of fused-ring (bicyclic) bond motifs is 1. The Hall–Kier alpha value is -3.45. The van der Waals surface area contributed by atoms with Crippen LogP contribution in [0.15, 0.2) is 78.0 Å². The van der Waals surface area contributed by atoms with Gasteiger partial charge in [0.15, 0.2) is 15.5 Å². The molecule has 1 N–H and O–H groups in total. The molecular weight excluding hydrogens is 374 g/mol. The summed E-state index contributed by atoms with van der Waals surface area (Å²) in [5.41, 5.74) is 4.74. The van der Waals surface area contributed by atoms with Crippen molar-refractivity contribution >= 4 is 27.6 Å². The van der Waals surface area contributed by atoms with E-state index in [0.29, 0.717) is 17.7 Å². The SMILES string of the molecule is CS(=O)(=O)c1ccc(-c2cnc3c(NC=O)cc(-c4ccccc4)cn23)cc1. The van der Waals surface area contributed by atoms with Crippen LogP contribution in [-0.4, -0.2) is 30.5 Å². The van der Waals surface area contributed by atoms with Gasteiger partial charge >= 0.3 is 0 Å². The number of carbonyl (C=O) groups excluding carboxylic acids is 1. The highest BCUT2D eigenvalue weighted by atomic mass is 32.2. The number of sulfone groups is 1. The summed E-state index contributed by atoms with van der Waals surface area (Å²) in [7, 11) is -3.26. The van der Waals surface area contributed by atoms with Crippen molar-refractivity contribution in [1.29, 1.82) is 0 Å². The Kier molecular flexibility index (Phi) is 4.44. The molecule has 2 aromatic heterocycles. The molecule has 0 aliphatic heterocycles. The van der Waals surface area contributed by atoms with Crippen molar-refractivity contribution in [2.45, 2.75) is 4.90 Å². The van der Waals surface area contributed by atoms with E-state index in [0.717, 1.165) is 22.4 Å². The Morgan fingerprint density at radius 1 is 0.964 bits per heavy atom. The van der Waals surface area contributed by atoms with Crippen LogP contribution in [0, 0.1) is 0 Å². The lowest BCUT2D eigenvalue weighted by molar-refractivity contribution is -0.105. The fourth-order valence-corrected chi connectivity index (χ4v) is 3.76. The van der Waals surface area contributed by atoms with E-state index in [-0.39, 0.29) is 4.90 Å². The summed E-state index contributed by atoms with van der Waals surface area (Å²) in [4.78, 5) is 15.8. The Morgan fingerprint density at radius 3 is 2.32 bits per heavy atom. The van der Waals surface area contributed by atoms with Gasteiger partial charge in [-0.05, 0) is 23.8 Å². The quantitative estimate of drug-likeness (QED) is 0.527. The fraction of sp³-hybridized carbons (Fsp3) is 0.0476. The average Bonchev–Trinajstić information content (AvgIpc) is 3.12. The molecule has 0 saturated carbocycles. The molecule has 0 bridgehead atoms. The molecule has 0 unspecified atom stereocenters. The highest BCUT2D eigenvalue weighted by Gasteiger charge is 2.13. The molecule has 28 heavy (non-hydrogen) atoms. The van der Waals surface area contributed by atoms with Crippen LogP contribution in [-0.2, 0) is 14.6 Å². The first-order valence-electron chi connectivity index (χ1n) is 8.54. The summed E-state index contributed by atoms with van der Waals surface area (Å²) < 4.78 is 25.3. The molecule has 6 nitrogen and oxygen atoms in total. The van der Waals surface area contributed by atoms with E-state index < -0.39 is 9.84 Å². The minimum Gasteiger partial charge on any atom is -0.326 e. The fourth-order valence-electron chi connectivity index (χ4n) is 3.13. The molecule has 2 aromatic carbocycles. The Morgan fingerprint density at radius 2 is 1.68 bits per heavy atom. The maximum atomic E-state index is 11.7. The zero-order valence-corrected chi connectivity index (χ0v) is 15.8. The third-order valence-electron chi connectivity index (χ3n) is 4.51. The minimum atomic E-state index is -3.26. The van der Waals surface area contributed by atoms with Crippen molar-refractivity contribution in [3.8, 4) is 22.4 Å². The first-order valence-corrected chi connectivity index (χ1v) is 10.4. The molecule has 0 radical (unpaired) electrons. The van der Waals surface area contributed by atoms with Crippen molar-refractivity contribution in [2.24, 2.45) is 0 Å². The highest BCUT2D eigenvalue weighted by molar-refractivity contribution is 7.90. The number of pyridine rings is 1. The molecule has 0 spiro atoms. The molecule has 0 aliphatic rings. The van der Waals surface area contributed by atoms with E-state index in [1.54, 1.807) is 30.5 Å². The highest BCUT2D eigenvalue weighted by Crippen LogP contribution is 2.30. The van der Waals surface area contributed by atoms with Gasteiger partial charge in [-0.3, -0.25) is 9.20 Å². The zero-order valence-electron chi connectivity index (χ0n) is 15.0. The number of nitrogens with one attached hydrogen (secondary N) is 1. The number of aromatic nitrogens is 2. The second kappa shape index (κ2) is 6.94. The van der Waals surface area contributed by atoms with Gasteiger partial charge in [-0.2, -0.15) is 0 Å². The molecule has 1 amide bonds. The van der Waals surface area contributed by atoms with Crippen LogP contribution in [0.5, 0.6) is 0 Å². The van der Waals surface area contributed by atoms with Crippen LogP contribution in [0.1, 0.15) is 0 Å². The summed E-state index contributed by atoms with van der Waals surface area (Å²) in [6.07, 6.45) is 5.46. The topological polar surface area (TPSA) is 80.5 Å². The molecule has 0 atom stereocenters. The van der Waals surface area contributed by atoms with Gasteiger partial charge < -0.3 is 5.32 Å². The lowest BCUT2D eigenvalue weighted by Gasteiger charge is -2.10. The van der Waals surface area contributed by atoms with Gasteiger partial charge in [-0.15, -0.1) is 0 Å². The summed E-state index contributed by atoms with van der Waals surface area (Å²) in [6, 6.07) is 18.4. The van der Waals surface area contributed by atoms with Crippen molar-refractivity contribution in [2.75, 3.05) is 11.6 Å². The molecule has 4 aromatic rings. The normalized spacial score (nSPS) is 11.5. The average molecular weight is 391 g/mol. The second-order valence-corrected chi connectivity index (χ2v) is 8.42. The molecule has 4 rings (SSSR count). The Balaban J connectivity index is 1.90. The van der Waals surface area contributed by atoms with Gasteiger partial charge in [-0.25, -0.2) is 13.4 Å². The van der Waals surface area contributed by atoms with E-state index in [9.17, 15) is 13.2 Å². The standard InChI is InChI=1S/C21H17N3O3S/c1-28(26,27)18-9-7-16(8-10-18)20-12-22-21-19(23-14-25)11-17(13-24(20)21)15-5-3-2-4-6-15/h2-14H,1H3,(H,23,25). The predicted molar refractivity (Wildman–Crippen MR) is 109 cm³/mol. The first kappa shape index (κ1) is 17.9. The summed E-state index contributed by atoms with van der Waals surface area (Å²) >= 11 is 0. The van der Waals surface area contributed by atoms with Crippen molar-refractivity contribution in [1.82, 2.24) is 9.38 Å². The molecule has 2 heterocycles. The largest absolute Gasteiger partial charge is 0.326 e. The molecule has 0 saturated heterocycles. The van der Waals surface area contributed by atoms with Gasteiger partial charge in [0.05, 0.1) is 22.5 Å². The number of anilines is 1. The van der Waals surface area contributed by atoms with Crippen LogP contribution in [0.25, 0.3) is 28.0 Å². The van der Waals surface area contributed by atoms with E-state index in [2.05, 4.69) is 10.3 Å². The van der Waals surface area contributed by atoms with Crippen LogP contribution >= 0.6 is 0 Å². The van der Waals surface area contributed by atoms with Crippen molar-refractivity contribution in [3.05, 3.63) is 73.1 Å². The molecule has 7 heteroatoms. The number of benzene rings is 2. The zero-order chi connectivity index (χ0) is 19.7. The second-order valence-electron chi connectivity index (χ2n) is 6.40. The summed E-state index contributed by atoms with van der Waals surface area (Å²) in [5.74, 6) is 0. The summed E-state index contributed by atoms with van der Waals surface area (Å²) in [6.45, 7) is 0. The maximum Gasteiger partial charge on any atom is 0.211 e. The predicted octanol–water partition coefficient (Wildman–Crippen LogP) is 3.64. The Bertz CT molecular complexity index is 1260. The third kappa shape index (κ3) is 3.27. The van der Waals surface area contributed by atoms with Gasteiger partial charge in [0, 0.05) is 23.6 Å². The number of nitrogens with zero attached hydrogens (tertiary/aromatic N) is 2. The van der Waals surface area contributed by atoms with E-state index in [4.69, 9.17) is 0 Å². The molecule has 0 fully saturated rings. The molecular formula is C21H17N3O3S. The van der Waals surface area contributed by atoms with Gasteiger partial charge in [0.2, 0.25) is 6.41 Å². The number of hydrogen-bond donors (Lipinski definition) is 1. The third-order valence-corrected chi connectivity index (χ3v) is 5.63. The maximum absolute atomic E-state index is 11.7. The van der Waals surface area contributed by atoms with E-state index in [1.165, 1.54) is 6.26 Å². The monoisotopic (exact) mass is 391 g/mol. The number of carbonyl (C=O) groups is 1.